The highest BCUT2D eigenvalue weighted by molar-refractivity contribution is 5.79. The van der Waals surface area contributed by atoms with Gasteiger partial charge in [0.1, 0.15) is 0 Å². The highest BCUT2D eigenvalue weighted by atomic mass is 14.8. The summed E-state index contributed by atoms with van der Waals surface area (Å²) >= 11 is 0. The molecule has 0 amide bonds. The second kappa shape index (κ2) is 7.72. The van der Waals surface area contributed by atoms with Gasteiger partial charge in [-0.1, -0.05) is 45.4 Å². The molecular formula is C17H30N2. The Morgan fingerprint density at radius 3 is 2.58 bits per heavy atom. The number of nitrogens with two attached hydrogens (primary N) is 1. The van der Waals surface area contributed by atoms with Crippen molar-refractivity contribution in [3.05, 3.63) is 11.8 Å². The summed E-state index contributed by atoms with van der Waals surface area (Å²) < 4.78 is 0. The molecule has 2 aliphatic rings. The molecule has 0 bridgehead atoms. The lowest BCUT2D eigenvalue weighted by molar-refractivity contribution is 0.247. The van der Waals surface area contributed by atoms with Gasteiger partial charge >= 0.3 is 0 Å². The van der Waals surface area contributed by atoms with Crippen molar-refractivity contribution < 1.29 is 0 Å². The maximum Gasteiger partial charge on any atom is 0.0505 e. The molecule has 2 heteroatoms. The van der Waals surface area contributed by atoms with Crippen LogP contribution in [0.4, 0.5) is 0 Å². The van der Waals surface area contributed by atoms with Crippen molar-refractivity contribution in [2.75, 3.05) is 0 Å². The lowest BCUT2D eigenvalue weighted by atomic mass is 9.77. The maximum absolute atomic E-state index is 5.79. The number of hydrogen-bond donors (Lipinski definition) is 1. The molecule has 2 nitrogen and oxygen atoms in total. The van der Waals surface area contributed by atoms with Crippen LogP contribution in [0.1, 0.15) is 71.1 Å². The van der Waals surface area contributed by atoms with E-state index in [1.54, 1.807) is 6.20 Å². The highest BCUT2D eigenvalue weighted by Crippen LogP contribution is 2.34. The van der Waals surface area contributed by atoms with E-state index >= 15 is 0 Å². The van der Waals surface area contributed by atoms with Crippen molar-refractivity contribution in [3.63, 3.8) is 0 Å². The Balaban J connectivity index is 1.72. The van der Waals surface area contributed by atoms with E-state index < -0.39 is 0 Å². The monoisotopic (exact) mass is 262 g/mol. The molecule has 0 spiro atoms. The van der Waals surface area contributed by atoms with E-state index in [2.05, 4.69) is 13.1 Å². The fourth-order valence-electron chi connectivity index (χ4n) is 3.46. The summed E-state index contributed by atoms with van der Waals surface area (Å²) in [7, 11) is 0. The van der Waals surface area contributed by atoms with Crippen molar-refractivity contribution in [2.24, 2.45) is 22.6 Å². The zero-order valence-electron chi connectivity index (χ0n) is 12.5. The summed E-state index contributed by atoms with van der Waals surface area (Å²) in [4.78, 5) is 4.76. The third-order valence-corrected chi connectivity index (χ3v) is 4.88. The van der Waals surface area contributed by atoms with Gasteiger partial charge in [0, 0.05) is 6.21 Å². The Morgan fingerprint density at radius 1 is 1.21 bits per heavy atom. The van der Waals surface area contributed by atoms with Gasteiger partial charge in [0.2, 0.25) is 0 Å². The number of hydrogen-bond acceptors (Lipinski definition) is 2. The van der Waals surface area contributed by atoms with Crippen molar-refractivity contribution >= 4 is 6.21 Å². The molecule has 0 radical (unpaired) electrons. The van der Waals surface area contributed by atoms with Gasteiger partial charge < -0.3 is 5.73 Å². The second-order valence-corrected chi connectivity index (χ2v) is 6.41. The predicted molar refractivity (Wildman–Crippen MR) is 83.4 cm³/mol. The van der Waals surface area contributed by atoms with Crippen LogP contribution in [0, 0.1) is 11.8 Å². The van der Waals surface area contributed by atoms with Crippen molar-refractivity contribution in [1.82, 2.24) is 0 Å². The third kappa shape index (κ3) is 4.36. The van der Waals surface area contributed by atoms with Crippen LogP contribution in [-0.2, 0) is 0 Å². The zero-order chi connectivity index (χ0) is 13.5. The minimum atomic E-state index is 0.584. The van der Waals surface area contributed by atoms with Gasteiger partial charge in [-0.3, -0.25) is 4.99 Å². The summed E-state index contributed by atoms with van der Waals surface area (Å²) in [5.41, 5.74) is 7.08. The van der Waals surface area contributed by atoms with Crippen LogP contribution in [0.3, 0.4) is 0 Å². The Morgan fingerprint density at radius 2 is 1.95 bits per heavy atom. The van der Waals surface area contributed by atoms with E-state index in [4.69, 9.17) is 10.7 Å². The van der Waals surface area contributed by atoms with Gasteiger partial charge in [0.15, 0.2) is 0 Å². The fourth-order valence-corrected chi connectivity index (χ4v) is 3.46. The molecule has 108 valence electrons. The largest absolute Gasteiger partial charge is 0.404 e. The molecule has 0 aromatic rings. The van der Waals surface area contributed by atoms with Gasteiger partial charge in [-0.05, 0) is 49.3 Å². The second-order valence-electron chi connectivity index (χ2n) is 6.41. The van der Waals surface area contributed by atoms with E-state index in [0.29, 0.717) is 12.0 Å². The molecule has 2 aliphatic carbocycles. The van der Waals surface area contributed by atoms with Gasteiger partial charge in [0.05, 0.1) is 6.04 Å². The standard InChI is InChI=1S/C17H30N2/c1-2-3-7-14-10-17(11-14)19-13-16(12-18)15-8-5-4-6-9-15/h12-15,17H,2-11,18H2,1H3. The molecule has 0 aromatic carbocycles. The van der Waals surface area contributed by atoms with Gasteiger partial charge in [-0.15, -0.1) is 0 Å². The predicted octanol–water partition coefficient (Wildman–Crippen LogP) is 4.45. The zero-order valence-corrected chi connectivity index (χ0v) is 12.5. The van der Waals surface area contributed by atoms with Crippen molar-refractivity contribution in [1.29, 1.82) is 0 Å². The molecule has 0 aliphatic heterocycles. The lowest BCUT2D eigenvalue weighted by Crippen LogP contribution is -2.27. The molecule has 0 atom stereocenters. The Bertz CT molecular complexity index is 307. The summed E-state index contributed by atoms with van der Waals surface area (Å²) in [5, 5.41) is 0. The number of unbranched alkanes of at least 4 members (excludes halogenated alkanes) is 1. The normalized spacial score (nSPS) is 29.6. The van der Waals surface area contributed by atoms with Crippen LogP contribution in [0.15, 0.2) is 16.8 Å². The smallest absolute Gasteiger partial charge is 0.0505 e. The van der Waals surface area contributed by atoms with Crippen LogP contribution in [-0.4, -0.2) is 12.3 Å². The summed E-state index contributed by atoms with van der Waals surface area (Å²) in [6, 6.07) is 0.584. The topological polar surface area (TPSA) is 38.4 Å². The number of aliphatic imine (C=N–C) groups is 1. The van der Waals surface area contributed by atoms with E-state index in [0.717, 1.165) is 5.92 Å². The Hall–Kier alpha value is -0.790. The summed E-state index contributed by atoms with van der Waals surface area (Å²) in [5.74, 6) is 1.63. The average Bonchev–Trinajstić information content (AvgIpc) is 2.41. The molecule has 0 aromatic heterocycles. The first-order valence-corrected chi connectivity index (χ1v) is 8.28. The van der Waals surface area contributed by atoms with Crippen molar-refractivity contribution in [2.45, 2.75) is 77.2 Å². The van der Waals surface area contributed by atoms with Crippen LogP contribution < -0.4 is 5.73 Å². The Labute approximate surface area is 118 Å². The Kier molecular flexibility index (Phi) is 5.93. The van der Waals surface area contributed by atoms with E-state index in [-0.39, 0.29) is 0 Å². The number of nitrogens with zero attached hydrogens (tertiary/aromatic N) is 1. The third-order valence-electron chi connectivity index (χ3n) is 4.88. The maximum atomic E-state index is 5.79. The first kappa shape index (κ1) is 14.6. The lowest BCUT2D eigenvalue weighted by Gasteiger charge is -2.32. The number of allylic oxidation sites excluding steroid dienone is 1. The molecule has 0 unspecified atom stereocenters. The first-order chi connectivity index (χ1) is 9.33. The van der Waals surface area contributed by atoms with E-state index in [1.165, 1.54) is 69.8 Å². The molecule has 0 saturated heterocycles. The molecule has 19 heavy (non-hydrogen) atoms. The number of rotatable bonds is 6. The molecular weight excluding hydrogens is 232 g/mol. The minimum Gasteiger partial charge on any atom is -0.404 e. The van der Waals surface area contributed by atoms with Crippen molar-refractivity contribution in [3.8, 4) is 0 Å². The molecule has 2 fully saturated rings. The van der Waals surface area contributed by atoms with E-state index in [9.17, 15) is 0 Å². The fraction of sp³-hybridized carbons (Fsp3) is 0.824. The highest BCUT2D eigenvalue weighted by Gasteiger charge is 2.27. The van der Waals surface area contributed by atoms with Gasteiger partial charge in [0.25, 0.3) is 0 Å². The summed E-state index contributed by atoms with van der Waals surface area (Å²) in [6.45, 7) is 2.27. The minimum absolute atomic E-state index is 0.584. The molecule has 2 saturated carbocycles. The van der Waals surface area contributed by atoms with Crippen LogP contribution in [0.5, 0.6) is 0 Å². The SMILES string of the molecule is CCCCC1CC(N=CC(=CN)C2CCCCC2)C1. The van der Waals surface area contributed by atoms with E-state index in [1.807, 2.05) is 0 Å². The average molecular weight is 262 g/mol. The first-order valence-electron chi connectivity index (χ1n) is 8.28. The molecule has 2 rings (SSSR count). The molecule has 0 heterocycles. The van der Waals surface area contributed by atoms with Crippen LogP contribution in [0.25, 0.3) is 0 Å². The molecule has 2 N–H and O–H groups in total. The van der Waals surface area contributed by atoms with Gasteiger partial charge in [-0.2, -0.15) is 0 Å². The van der Waals surface area contributed by atoms with Crippen LogP contribution in [0.2, 0.25) is 0 Å². The summed E-state index contributed by atoms with van der Waals surface area (Å²) in [6.07, 6.45) is 17.3. The quantitative estimate of drug-likeness (QED) is 0.706. The van der Waals surface area contributed by atoms with Gasteiger partial charge in [-0.25, -0.2) is 0 Å². The van der Waals surface area contributed by atoms with Crippen LogP contribution >= 0.6 is 0 Å².